The van der Waals surface area contributed by atoms with Crippen molar-refractivity contribution < 1.29 is 4.79 Å². The minimum absolute atomic E-state index is 0.0456. The molecule has 0 aliphatic rings. The van der Waals surface area contributed by atoms with E-state index < -0.39 is 0 Å². The van der Waals surface area contributed by atoms with E-state index in [1.165, 1.54) is 0 Å². The van der Waals surface area contributed by atoms with Gasteiger partial charge >= 0.3 is 0 Å². The number of hydrogen-bond donors (Lipinski definition) is 3. The van der Waals surface area contributed by atoms with Crippen LogP contribution in [0.3, 0.4) is 0 Å². The Hall–Kier alpha value is -0.610. The molecular formula is C10H23N3O. The predicted octanol–water partition coefficient (Wildman–Crippen LogP) is 0.215. The molecule has 0 aliphatic heterocycles. The number of nitrogens with two attached hydrogens (primary N) is 2. The summed E-state index contributed by atoms with van der Waals surface area (Å²) in [7, 11) is 0. The van der Waals surface area contributed by atoms with Crippen LogP contribution in [0.4, 0.5) is 0 Å². The van der Waals surface area contributed by atoms with Gasteiger partial charge in [0.15, 0.2) is 0 Å². The maximum Gasteiger partial charge on any atom is 0.236 e. The summed E-state index contributed by atoms with van der Waals surface area (Å²) in [5, 5.41) is 2.80. The van der Waals surface area contributed by atoms with E-state index >= 15 is 0 Å². The normalized spacial score (nSPS) is 12.9. The Morgan fingerprint density at radius 1 is 1.36 bits per heavy atom. The first-order valence-corrected chi connectivity index (χ1v) is 5.31. The van der Waals surface area contributed by atoms with Crippen molar-refractivity contribution in [1.29, 1.82) is 0 Å². The topological polar surface area (TPSA) is 81.1 Å². The summed E-state index contributed by atoms with van der Waals surface area (Å²) in [6.07, 6.45) is 2.61. The molecule has 0 unspecified atom stereocenters. The van der Waals surface area contributed by atoms with Gasteiger partial charge in [0, 0.05) is 6.54 Å². The third-order valence-corrected chi connectivity index (χ3v) is 1.99. The SMILES string of the molecule is CC(C)C[C@H](N)C(=O)NCCCCN. The fourth-order valence-corrected chi connectivity index (χ4v) is 1.23. The number of rotatable bonds is 7. The molecular weight excluding hydrogens is 178 g/mol. The molecule has 0 saturated heterocycles. The van der Waals surface area contributed by atoms with Crippen molar-refractivity contribution >= 4 is 5.91 Å². The second kappa shape index (κ2) is 7.76. The first-order chi connectivity index (χ1) is 6.57. The van der Waals surface area contributed by atoms with Gasteiger partial charge in [0.2, 0.25) is 5.91 Å². The van der Waals surface area contributed by atoms with Gasteiger partial charge in [-0.15, -0.1) is 0 Å². The van der Waals surface area contributed by atoms with Crippen LogP contribution in [0.1, 0.15) is 33.1 Å². The average molecular weight is 201 g/mol. The first-order valence-electron chi connectivity index (χ1n) is 5.31. The van der Waals surface area contributed by atoms with E-state index in [-0.39, 0.29) is 11.9 Å². The first kappa shape index (κ1) is 13.4. The maximum atomic E-state index is 11.4. The fraction of sp³-hybridized carbons (Fsp3) is 0.900. The highest BCUT2D eigenvalue weighted by Crippen LogP contribution is 2.02. The van der Waals surface area contributed by atoms with Crippen LogP contribution >= 0.6 is 0 Å². The lowest BCUT2D eigenvalue weighted by Gasteiger charge is -2.13. The summed E-state index contributed by atoms with van der Waals surface area (Å²) in [5.74, 6) is 0.413. The van der Waals surface area contributed by atoms with Crippen molar-refractivity contribution in [2.24, 2.45) is 17.4 Å². The Morgan fingerprint density at radius 2 is 2.00 bits per heavy atom. The van der Waals surface area contributed by atoms with E-state index in [0.717, 1.165) is 19.3 Å². The molecule has 4 heteroatoms. The molecule has 0 fully saturated rings. The molecule has 0 aromatic carbocycles. The summed E-state index contributed by atoms with van der Waals surface area (Å²) in [4.78, 5) is 11.4. The molecule has 14 heavy (non-hydrogen) atoms. The number of carbonyl (C=O) groups is 1. The largest absolute Gasteiger partial charge is 0.355 e. The third kappa shape index (κ3) is 6.86. The molecule has 0 aromatic heterocycles. The lowest BCUT2D eigenvalue weighted by Crippen LogP contribution is -2.41. The summed E-state index contributed by atoms with van der Waals surface area (Å²) in [5.41, 5.74) is 11.0. The van der Waals surface area contributed by atoms with E-state index in [2.05, 4.69) is 19.2 Å². The highest BCUT2D eigenvalue weighted by molar-refractivity contribution is 5.81. The van der Waals surface area contributed by atoms with Crippen LogP contribution in [-0.4, -0.2) is 25.0 Å². The number of amides is 1. The fourth-order valence-electron chi connectivity index (χ4n) is 1.23. The molecule has 4 nitrogen and oxygen atoms in total. The molecule has 0 aliphatic carbocycles. The molecule has 0 aromatic rings. The summed E-state index contributed by atoms with van der Waals surface area (Å²) >= 11 is 0. The minimum atomic E-state index is -0.368. The van der Waals surface area contributed by atoms with E-state index in [0.29, 0.717) is 19.0 Å². The zero-order valence-electron chi connectivity index (χ0n) is 9.25. The molecule has 5 N–H and O–H groups in total. The quantitative estimate of drug-likeness (QED) is 0.515. The van der Waals surface area contributed by atoms with Crippen molar-refractivity contribution in [2.75, 3.05) is 13.1 Å². The van der Waals surface area contributed by atoms with Crippen LogP contribution < -0.4 is 16.8 Å². The number of hydrogen-bond acceptors (Lipinski definition) is 3. The summed E-state index contributed by atoms with van der Waals surface area (Å²) in [6, 6.07) is -0.368. The maximum absolute atomic E-state index is 11.4. The van der Waals surface area contributed by atoms with Crippen molar-refractivity contribution in [2.45, 2.75) is 39.2 Å². The lowest BCUT2D eigenvalue weighted by molar-refractivity contribution is -0.122. The van der Waals surface area contributed by atoms with Gasteiger partial charge in [-0.25, -0.2) is 0 Å². The summed E-state index contributed by atoms with van der Waals surface area (Å²) < 4.78 is 0. The predicted molar refractivity (Wildman–Crippen MR) is 58.7 cm³/mol. The second-order valence-corrected chi connectivity index (χ2v) is 4.02. The van der Waals surface area contributed by atoms with Gasteiger partial charge in [-0.05, 0) is 31.7 Å². The van der Waals surface area contributed by atoms with Gasteiger partial charge in [0.05, 0.1) is 6.04 Å². The van der Waals surface area contributed by atoms with Crippen LogP contribution in [-0.2, 0) is 4.79 Å². The van der Waals surface area contributed by atoms with Crippen molar-refractivity contribution in [3.63, 3.8) is 0 Å². The van der Waals surface area contributed by atoms with Gasteiger partial charge in [-0.3, -0.25) is 4.79 Å². The molecule has 1 atom stereocenters. The van der Waals surface area contributed by atoms with Crippen LogP contribution in [0.2, 0.25) is 0 Å². The van der Waals surface area contributed by atoms with E-state index in [9.17, 15) is 4.79 Å². The van der Waals surface area contributed by atoms with Gasteiger partial charge in [-0.1, -0.05) is 13.8 Å². The number of nitrogens with one attached hydrogen (secondary N) is 1. The highest BCUT2D eigenvalue weighted by Gasteiger charge is 2.13. The van der Waals surface area contributed by atoms with Gasteiger partial charge in [-0.2, -0.15) is 0 Å². The zero-order valence-corrected chi connectivity index (χ0v) is 9.25. The second-order valence-electron chi connectivity index (χ2n) is 4.02. The van der Waals surface area contributed by atoms with Crippen LogP contribution in [0.5, 0.6) is 0 Å². The summed E-state index contributed by atoms with van der Waals surface area (Å²) in [6.45, 7) is 5.47. The Labute approximate surface area is 86.4 Å². The van der Waals surface area contributed by atoms with Crippen LogP contribution in [0.15, 0.2) is 0 Å². The standard InChI is InChI=1S/C10H23N3O/c1-8(2)7-9(12)10(14)13-6-4-3-5-11/h8-9H,3-7,11-12H2,1-2H3,(H,13,14)/t9-/m0/s1. The molecule has 0 bridgehead atoms. The molecule has 1 amide bonds. The van der Waals surface area contributed by atoms with Crippen LogP contribution in [0.25, 0.3) is 0 Å². The van der Waals surface area contributed by atoms with Gasteiger partial charge in [0.25, 0.3) is 0 Å². The lowest BCUT2D eigenvalue weighted by atomic mass is 10.0. The monoisotopic (exact) mass is 201 g/mol. The number of carbonyl (C=O) groups excluding carboxylic acids is 1. The van der Waals surface area contributed by atoms with E-state index in [1.54, 1.807) is 0 Å². The molecule has 0 rings (SSSR count). The van der Waals surface area contributed by atoms with E-state index in [4.69, 9.17) is 11.5 Å². The van der Waals surface area contributed by atoms with Gasteiger partial charge in [0.1, 0.15) is 0 Å². The van der Waals surface area contributed by atoms with Gasteiger partial charge < -0.3 is 16.8 Å². The molecule has 84 valence electrons. The molecule has 0 radical (unpaired) electrons. The molecule has 0 saturated carbocycles. The highest BCUT2D eigenvalue weighted by atomic mass is 16.2. The Balaban J connectivity index is 3.52. The number of unbranched alkanes of at least 4 members (excludes halogenated alkanes) is 1. The average Bonchev–Trinajstić information content (AvgIpc) is 2.11. The van der Waals surface area contributed by atoms with Crippen molar-refractivity contribution in [1.82, 2.24) is 5.32 Å². The molecule has 0 heterocycles. The Morgan fingerprint density at radius 3 is 2.50 bits per heavy atom. The van der Waals surface area contributed by atoms with Crippen molar-refractivity contribution in [3.05, 3.63) is 0 Å². The Bertz CT molecular complexity index is 159. The minimum Gasteiger partial charge on any atom is -0.355 e. The molecule has 0 spiro atoms. The third-order valence-electron chi connectivity index (χ3n) is 1.99. The van der Waals surface area contributed by atoms with Crippen LogP contribution in [0, 0.1) is 5.92 Å². The Kier molecular flexibility index (Phi) is 7.42. The van der Waals surface area contributed by atoms with Crippen molar-refractivity contribution in [3.8, 4) is 0 Å². The zero-order chi connectivity index (χ0) is 11.0. The smallest absolute Gasteiger partial charge is 0.236 e. The van der Waals surface area contributed by atoms with E-state index in [1.807, 2.05) is 0 Å².